The summed E-state index contributed by atoms with van der Waals surface area (Å²) in [4.78, 5) is 11.7. The number of para-hydroxylation sites is 1. The van der Waals surface area contributed by atoms with Gasteiger partial charge in [0.25, 0.3) is 0 Å². The van der Waals surface area contributed by atoms with Crippen molar-refractivity contribution in [3.05, 3.63) is 59.7 Å². The molecule has 0 spiro atoms. The van der Waals surface area contributed by atoms with Gasteiger partial charge in [-0.2, -0.15) is 0 Å². The molecule has 0 aliphatic rings. The Morgan fingerprint density at radius 2 is 1.72 bits per heavy atom. The number of carbonyl (C=O) groups is 1. The Labute approximate surface area is 146 Å². The number of ether oxygens (including phenoxy) is 1. The molecule has 0 heterocycles. The summed E-state index contributed by atoms with van der Waals surface area (Å²) in [5.41, 5.74) is 0.686. The first-order valence-corrected chi connectivity index (χ1v) is 7.99. The second-order valence-corrected chi connectivity index (χ2v) is 6.60. The van der Waals surface area contributed by atoms with E-state index in [0.717, 1.165) is 17.7 Å². The zero-order valence-electron chi connectivity index (χ0n) is 14.5. The van der Waals surface area contributed by atoms with Gasteiger partial charge in [-0.3, -0.25) is 0 Å². The average molecular weight is 348 g/mol. The molecule has 0 aliphatic carbocycles. The fourth-order valence-corrected chi connectivity index (χ4v) is 2.16. The fourth-order valence-electron chi connectivity index (χ4n) is 2.16. The molecule has 25 heavy (non-hydrogen) atoms. The largest absolute Gasteiger partial charge is 0.492 e. The van der Waals surface area contributed by atoms with Crippen LogP contribution in [0.25, 0.3) is 0 Å². The van der Waals surface area contributed by atoms with Gasteiger partial charge < -0.3 is 15.4 Å². The van der Waals surface area contributed by atoms with E-state index in [4.69, 9.17) is 4.74 Å². The van der Waals surface area contributed by atoms with Crippen molar-refractivity contribution in [2.45, 2.75) is 26.2 Å². The number of hydrogen-bond acceptors (Lipinski definition) is 2. The van der Waals surface area contributed by atoms with Gasteiger partial charge >= 0.3 is 6.03 Å². The lowest BCUT2D eigenvalue weighted by Gasteiger charge is -2.19. The second-order valence-electron chi connectivity index (χ2n) is 6.60. The highest BCUT2D eigenvalue weighted by molar-refractivity contribution is 5.89. The first-order chi connectivity index (χ1) is 11.8. The lowest BCUT2D eigenvalue weighted by molar-refractivity contribution is 0.247. The number of anilines is 1. The number of rotatable bonds is 5. The van der Waals surface area contributed by atoms with E-state index in [1.165, 1.54) is 6.07 Å². The molecular formula is C19H22F2N2O2. The second kappa shape index (κ2) is 7.96. The van der Waals surface area contributed by atoms with Crippen LogP contribution >= 0.6 is 0 Å². The third kappa shape index (κ3) is 5.45. The number of halogens is 2. The van der Waals surface area contributed by atoms with E-state index in [1.54, 1.807) is 0 Å². The van der Waals surface area contributed by atoms with Gasteiger partial charge in [-0.15, -0.1) is 0 Å². The first-order valence-electron chi connectivity index (χ1n) is 7.99. The van der Waals surface area contributed by atoms with E-state index < -0.39 is 23.4 Å². The molecule has 2 N–H and O–H groups in total. The average Bonchev–Trinajstić information content (AvgIpc) is 2.55. The summed E-state index contributed by atoms with van der Waals surface area (Å²) < 4.78 is 32.5. The predicted molar refractivity (Wildman–Crippen MR) is 94.0 cm³/mol. The standard InChI is InChI=1S/C19H22F2N2O2/c1-19(2,3)13-6-4-7-14(12-13)25-11-10-22-18(24)23-17-15(20)8-5-9-16(17)21/h4-9,12H,10-11H2,1-3H3,(H2,22,23,24). The van der Waals surface area contributed by atoms with Gasteiger partial charge in [-0.05, 0) is 35.2 Å². The van der Waals surface area contributed by atoms with Crippen molar-refractivity contribution >= 4 is 11.7 Å². The number of amides is 2. The summed E-state index contributed by atoms with van der Waals surface area (Å²) in [5, 5.41) is 4.64. The van der Waals surface area contributed by atoms with Gasteiger partial charge in [-0.1, -0.05) is 39.0 Å². The maximum atomic E-state index is 13.4. The Balaban J connectivity index is 1.81. The van der Waals surface area contributed by atoms with Crippen LogP contribution in [0, 0.1) is 11.6 Å². The van der Waals surface area contributed by atoms with Gasteiger partial charge in [0.15, 0.2) is 0 Å². The van der Waals surface area contributed by atoms with Crippen LogP contribution in [-0.4, -0.2) is 19.2 Å². The molecular weight excluding hydrogens is 326 g/mol. The van der Waals surface area contributed by atoms with Crippen LogP contribution in [0.4, 0.5) is 19.3 Å². The molecule has 2 aromatic rings. The highest BCUT2D eigenvalue weighted by Gasteiger charge is 2.14. The minimum Gasteiger partial charge on any atom is -0.492 e. The monoisotopic (exact) mass is 348 g/mol. The van der Waals surface area contributed by atoms with Crippen molar-refractivity contribution in [1.29, 1.82) is 0 Å². The normalized spacial score (nSPS) is 11.1. The molecule has 0 saturated carbocycles. The van der Waals surface area contributed by atoms with Crippen LogP contribution < -0.4 is 15.4 Å². The van der Waals surface area contributed by atoms with Crippen LogP contribution in [-0.2, 0) is 5.41 Å². The van der Waals surface area contributed by atoms with Crippen LogP contribution in [0.15, 0.2) is 42.5 Å². The number of carbonyl (C=O) groups excluding carboxylic acids is 1. The molecule has 0 fully saturated rings. The minimum absolute atomic E-state index is 0.0152. The zero-order valence-corrected chi connectivity index (χ0v) is 14.5. The maximum Gasteiger partial charge on any atom is 0.319 e. The van der Waals surface area contributed by atoms with Gasteiger partial charge in [0, 0.05) is 0 Å². The van der Waals surface area contributed by atoms with Crippen LogP contribution in [0.3, 0.4) is 0 Å². The van der Waals surface area contributed by atoms with Gasteiger partial charge in [0.05, 0.1) is 6.54 Å². The molecule has 0 atom stereocenters. The predicted octanol–water partition coefficient (Wildman–Crippen LogP) is 4.46. The third-order valence-corrected chi connectivity index (χ3v) is 3.56. The molecule has 0 saturated heterocycles. The van der Waals surface area contributed by atoms with E-state index in [-0.39, 0.29) is 18.6 Å². The van der Waals surface area contributed by atoms with Gasteiger partial charge in [0.2, 0.25) is 0 Å². The summed E-state index contributed by atoms with van der Waals surface area (Å²) in [7, 11) is 0. The molecule has 6 heteroatoms. The third-order valence-electron chi connectivity index (χ3n) is 3.56. The molecule has 0 radical (unpaired) electrons. The zero-order chi connectivity index (χ0) is 18.4. The Bertz CT molecular complexity index is 722. The Morgan fingerprint density at radius 1 is 1.08 bits per heavy atom. The van der Waals surface area contributed by atoms with Gasteiger partial charge in [0.1, 0.15) is 29.7 Å². The quantitative estimate of drug-likeness (QED) is 0.784. The molecule has 2 amide bonds. The minimum atomic E-state index is -0.828. The van der Waals surface area contributed by atoms with Crippen LogP contribution in [0.1, 0.15) is 26.3 Å². The number of urea groups is 1. The summed E-state index contributed by atoms with van der Waals surface area (Å²) in [5.74, 6) is -0.953. The van der Waals surface area contributed by atoms with Crippen LogP contribution in [0.2, 0.25) is 0 Å². The SMILES string of the molecule is CC(C)(C)c1cccc(OCCNC(=O)Nc2c(F)cccc2F)c1. The van der Waals surface area contributed by atoms with Crippen molar-refractivity contribution in [2.24, 2.45) is 0 Å². The fraction of sp³-hybridized carbons (Fsp3) is 0.316. The summed E-state index contributed by atoms with van der Waals surface area (Å²) in [6.07, 6.45) is 0. The number of nitrogens with one attached hydrogen (secondary N) is 2. The van der Waals surface area contributed by atoms with Crippen molar-refractivity contribution < 1.29 is 18.3 Å². The van der Waals surface area contributed by atoms with E-state index in [9.17, 15) is 13.6 Å². The van der Waals surface area contributed by atoms with Crippen molar-refractivity contribution in [3.8, 4) is 5.75 Å². The summed E-state index contributed by atoms with van der Waals surface area (Å²) in [6.45, 7) is 6.77. The lowest BCUT2D eigenvalue weighted by atomic mass is 9.87. The van der Waals surface area contributed by atoms with Crippen LogP contribution in [0.5, 0.6) is 5.75 Å². The Kier molecular flexibility index (Phi) is 5.96. The molecule has 2 rings (SSSR count). The van der Waals surface area contributed by atoms with Crippen molar-refractivity contribution in [2.75, 3.05) is 18.5 Å². The molecule has 4 nitrogen and oxygen atoms in total. The molecule has 2 aromatic carbocycles. The molecule has 134 valence electrons. The van der Waals surface area contributed by atoms with E-state index >= 15 is 0 Å². The van der Waals surface area contributed by atoms with Crippen molar-refractivity contribution in [1.82, 2.24) is 5.32 Å². The highest BCUT2D eigenvalue weighted by atomic mass is 19.1. The van der Waals surface area contributed by atoms with E-state index in [2.05, 4.69) is 31.4 Å². The Morgan fingerprint density at radius 3 is 2.36 bits per heavy atom. The Hall–Kier alpha value is -2.63. The number of benzene rings is 2. The van der Waals surface area contributed by atoms with Crippen molar-refractivity contribution in [3.63, 3.8) is 0 Å². The van der Waals surface area contributed by atoms with E-state index in [1.807, 2.05) is 24.3 Å². The molecule has 0 aromatic heterocycles. The molecule has 0 aliphatic heterocycles. The lowest BCUT2D eigenvalue weighted by Crippen LogP contribution is -2.32. The highest BCUT2D eigenvalue weighted by Crippen LogP contribution is 2.25. The maximum absolute atomic E-state index is 13.4. The number of hydrogen-bond donors (Lipinski definition) is 2. The summed E-state index contributed by atoms with van der Waals surface area (Å²) >= 11 is 0. The first kappa shape index (κ1) is 18.7. The molecule has 0 bridgehead atoms. The topological polar surface area (TPSA) is 50.4 Å². The summed E-state index contributed by atoms with van der Waals surface area (Å²) in [6, 6.07) is 10.4. The molecule has 0 unspecified atom stereocenters. The van der Waals surface area contributed by atoms with E-state index in [0.29, 0.717) is 5.75 Å². The van der Waals surface area contributed by atoms with Gasteiger partial charge in [-0.25, -0.2) is 13.6 Å². The smallest absolute Gasteiger partial charge is 0.319 e.